The van der Waals surface area contributed by atoms with Gasteiger partial charge < -0.3 is 10.0 Å². The average molecular weight is 327 g/mol. The number of benzene rings is 1. The molecule has 1 aromatic heterocycles. The molecule has 6 nitrogen and oxygen atoms in total. The monoisotopic (exact) mass is 327 g/mol. The summed E-state index contributed by atoms with van der Waals surface area (Å²) in [5, 5.41) is 13.7. The normalized spacial score (nSPS) is 20.4. The Morgan fingerprint density at radius 2 is 1.96 bits per heavy atom. The van der Waals surface area contributed by atoms with Crippen molar-refractivity contribution in [2.45, 2.75) is 27.2 Å². The van der Waals surface area contributed by atoms with Crippen LogP contribution in [0.2, 0.25) is 0 Å². The van der Waals surface area contributed by atoms with Crippen molar-refractivity contribution in [3.8, 4) is 5.69 Å². The molecule has 1 aliphatic rings. The number of carboxylic acid groups (broad SMARTS) is 1. The summed E-state index contributed by atoms with van der Waals surface area (Å²) in [6, 6.07) is 7.85. The summed E-state index contributed by atoms with van der Waals surface area (Å²) in [7, 11) is 0. The number of hydrogen-bond donors (Lipinski definition) is 1. The lowest BCUT2D eigenvalue weighted by Gasteiger charge is -2.20. The highest BCUT2D eigenvalue weighted by atomic mass is 16.4. The van der Waals surface area contributed by atoms with Crippen LogP contribution in [0.25, 0.3) is 5.69 Å². The molecule has 1 aliphatic heterocycles. The Morgan fingerprint density at radius 3 is 2.58 bits per heavy atom. The summed E-state index contributed by atoms with van der Waals surface area (Å²) < 4.78 is 1.76. The molecule has 0 saturated carbocycles. The zero-order valence-electron chi connectivity index (χ0n) is 14.1. The van der Waals surface area contributed by atoms with Gasteiger partial charge in [-0.15, -0.1) is 0 Å². The minimum absolute atomic E-state index is 0.155. The van der Waals surface area contributed by atoms with E-state index >= 15 is 0 Å². The fraction of sp³-hybridized carbons (Fsp3) is 0.389. The van der Waals surface area contributed by atoms with Crippen LogP contribution in [0.5, 0.6) is 0 Å². The van der Waals surface area contributed by atoms with Gasteiger partial charge in [0.1, 0.15) is 0 Å². The predicted octanol–water partition coefficient (Wildman–Crippen LogP) is 2.43. The molecule has 0 aliphatic carbocycles. The van der Waals surface area contributed by atoms with E-state index in [-0.39, 0.29) is 12.5 Å². The van der Waals surface area contributed by atoms with Gasteiger partial charge in [-0.2, -0.15) is 5.10 Å². The maximum atomic E-state index is 12.8. The van der Waals surface area contributed by atoms with Gasteiger partial charge in [0, 0.05) is 13.1 Å². The third-order valence-corrected chi connectivity index (χ3v) is 4.86. The number of aromatic nitrogens is 2. The number of carbonyl (C=O) groups excluding carboxylic acids is 1. The Kier molecular flexibility index (Phi) is 3.91. The number of nitrogens with zero attached hydrogens (tertiary/aromatic N) is 3. The van der Waals surface area contributed by atoms with Gasteiger partial charge >= 0.3 is 5.97 Å². The van der Waals surface area contributed by atoms with Crippen molar-refractivity contribution >= 4 is 11.9 Å². The fourth-order valence-corrected chi connectivity index (χ4v) is 3.14. The van der Waals surface area contributed by atoms with E-state index in [1.54, 1.807) is 22.7 Å². The second-order valence-corrected chi connectivity index (χ2v) is 6.68. The second kappa shape index (κ2) is 5.78. The maximum absolute atomic E-state index is 12.8. The lowest BCUT2D eigenvalue weighted by molar-refractivity contribution is -0.147. The van der Waals surface area contributed by atoms with Crippen molar-refractivity contribution in [2.75, 3.05) is 13.1 Å². The van der Waals surface area contributed by atoms with Gasteiger partial charge in [-0.05, 0) is 38.8 Å². The fourth-order valence-electron chi connectivity index (χ4n) is 3.14. The molecule has 3 rings (SSSR count). The van der Waals surface area contributed by atoms with E-state index < -0.39 is 11.4 Å². The first kappa shape index (κ1) is 16.2. The Hall–Kier alpha value is -2.63. The van der Waals surface area contributed by atoms with Crippen LogP contribution < -0.4 is 0 Å². The van der Waals surface area contributed by atoms with Gasteiger partial charge in [-0.25, -0.2) is 4.68 Å². The third-order valence-electron chi connectivity index (χ3n) is 4.86. The van der Waals surface area contributed by atoms with E-state index in [2.05, 4.69) is 5.10 Å². The van der Waals surface area contributed by atoms with Gasteiger partial charge in [0.15, 0.2) is 0 Å². The third kappa shape index (κ3) is 2.58. The molecule has 126 valence electrons. The number of para-hydroxylation sites is 1. The van der Waals surface area contributed by atoms with Crippen molar-refractivity contribution in [1.29, 1.82) is 0 Å². The van der Waals surface area contributed by atoms with Crippen LogP contribution in [0.15, 0.2) is 30.5 Å². The zero-order chi connectivity index (χ0) is 17.5. The van der Waals surface area contributed by atoms with Crippen LogP contribution in [-0.4, -0.2) is 44.8 Å². The Morgan fingerprint density at radius 1 is 1.25 bits per heavy atom. The lowest BCUT2D eigenvalue weighted by atomic mass is 9.90. The Labute approximate surface area is 140 Å². The molecule has 6 heteroatoms. The Bertz CT molecular complexity index is 812. The molecule has 0 radical (unpaired) electrons. The number of carbonyl (C=O) groups is 2. The van der Waals surface area contributed by atoms with E-state index in [1.165, 1.54) is 0 Å². The van der Waals surface area contributed by atoms with Gasteiger partial charge in [-0.1, -0.05) is 18.2 Å². The number of rotatable bonds is 3. The lowest BCUT2D eigenvalue weighted by Crippen LogP contribution is -2.35. The van der Waals surface area contributed by atoms with E-state index in [4.69, 9.17) is 0 Å². The first-order valence-electron chi connectivity index (χ1n) is 7.97. The van der Waals surface area contributed by atoms with Gasteiger partial charge in [-0.3, -0.25) is 9.59 Å². The number of carboxylic acids is 1. The molecule has 1 N–H and O–H groups in total. The SMILES string of the molecule is Cc1ccccc1-n1ncc(C(=O)N2CCC(C)(C(=O)O)C2)c1C. The number of aryl methyl sites for hydroxylation is 1. The molecule has 2 heterocycles. The van der Waals surface area contributed by atoms with Crippen molar-refractivity contribution in [3.63, 3.8) is 0 Å². The van der Waals surface area contributed by atoms with E-state index in [0.29, 0.717) is 18.5 Å². The summed E-state index contributed by atoms with van der Waals surface area (Å²) in [6.45, 7) is 6.23. The summed E-state index contributed by atoms with van der Waals surface area (Å²) in [5.74, 6) is -1.01. The predicted molar refractivity (Wildman–Crippen MR) is 89.3 cm³/mol. The highest BCUT2D eigenvalue weighted by Gasteiger charge is 2.42. The molecule has 0 spiro atoms. The molecule has 0 bridgehead atoms. The maximum Gasteiger partial charge on any atom is 0.311 e. The van der Waals surface area contributed by atoms with Crippen LogP contribution in [-0.2, 0) is 4.79 Å². The molecular weight excluding hydrogens is 306 g/mol. The van der Waals surface area contributed by atoms with Crippen molar-refractivity contribution < 1.29 is 14.7 Å². The Balaban J connectivity index is 1.88. The summed E-state index contributed by atoms with van der Waals surface area (Å²) in [5.41, 5.74) is 2.43. The van der Waals surface area contributed by atoms with Crippen LogP contribution in [0.1, 0.15) is 35.0 Å². The molecule has 1 atom stereocenters. The quantitative estimate of drug-likeness (QED) is 0.939. The minimum Gasteiger partial charge on any atom is -0.481 e. The summed E-state index contributed by atoms with van der Waals surface area (Å²) >= 11 is 0. The van der Waals surface area contributed by atoms with E-state index in [0.717, 1.165) is 16.9 Å². The van der Waals surface area contributed by atoms with E-state index in [9.17, 15) is 14.7 Å². The van der Waals surface area contributed by atoms with E-state index in [1.807, 2.05) is 38.1 Å². The summed E-state index contributed by atoms with van der Waals surface area (Å²) in [4.78, 5) is 25.8. The zero-order valence-corrected chi connectivity index (χ0v) is 14.1. The first-order chi connectivity index (χ1) is 11.3. The molecule has 1 saturated heterocycles. The standard InChI is InChI=1S/C18H21N3O3/c1-12-6-4-5-7-15(12)21-13(2)14(10-19-21)16(22)20-9-8-18(3,11-20)17(23)24/h4-7,10H,8-9,11H2,1-3H3,(H,23,24). The van der Waals surface area contributed by atoms with Crippen LogP contribution in [0.3, 0.4) is 0 Å². The van der Waals surface area contributed by atoms with Crippen molar-refractivity contribution in [1.82, 2.24) is 14.7 Å². The average Bonchev–Trinajstić information content (AvgIpc) is 3.12. The number of hydrogen-bond acceptors (Lipinski definition) is 3. The molecule has 2 aromatic rings. The number of likely N-dealkylation sites (tertiary alicyclic amines) is 1. The highest BCUT2D eigenvalue weighted by molar-refractivity contribution is 5.96. The molecule has 1 amide bonds. The van der Waals surface area contributed by atoms with Crippen LogP contribution >= 0.6 is 0 Å². The van der Waals surface area contributed by atoms with Gasteiger partial charge in [0.25, 0.3) is 5.91 Å². The largest absolute Gasteiger partial charge is 0.481 e. The van der Waals surface area contributed by atoms with Crippen molar-refractivity contribution in [3.05, 3.63) is 47.3 Å². The smallest absolute Gasteiger partial charge is 0.311 e. The second-order valence-electron chi connectivity index (χ2n) is 6.68. The van der Waals surface area contributed by atoms with Crippen molar-refractivity contribution in [2.24, 2.45) is 5.41 Å². The number of aliphatic carboxylic acids is 1. The molecule has 24 heavy (non-hydrogen) atoms. The molecule has 1 fully saturated rings. The molecular formula is C18H21N3O3. The van der Waals surface area contributed by atoms with Crippen LogP contribution in [0.4, 0.5) is 0 Å². The molecule has 1 aromatic carbocycles. The van der Waals surface area contributed by atoms with Gasteiger partial charge in [0.2, 0.25) is 0 Å². The summed E-state index contributed by atoms with van der Waals surface area (Å²) in [6.07, 6.45) is 2.04. The van der Waals surface area contributed by atoms with Crippen LogP contribution in [0, 0.1) is 19.3 Å². The van der Waals surface area contributed by atoms with Gasteiger partial charge in [0.05, 0.1) is 28.6 Å². The topological polar surface area (TPSA) is 75.4 Å². The molecule has 1 unspecified atom stereocenters. The first-order valence-corrected chi connectivity index (χ1v) is 7.97. The minimum atomic E-state index is -0.865. The highest BCUT2D eigenvalue weighted by Crippen LogP contribution is 2.31. The number of amides is 1.